The van der Waals surface area contributed by atoms with Gasteiger partial charge >= 0.3 is 0 Å². The largest absolute Gasteiger partial charge is 0.495 e. The first-order valence-electron chi connectivity index (χ1n) is 13.0. The molecule has 0 atom stereocenters. The summed E-state index contributed by atoms with van der Waals surface area (Å²) in [7, 11) is 1.52. The molecule has 0 fully saturated rings. The molecule has 1 aliphatic rings. The van der Waals surface area contributed by atoms with Gasteiger partial charge in [0, 0.05) is 47.9 Å². The molecule has 0 aliphatic carbocycles. The van der Waals surface area contributed by atoms with Crippen LogP contribution >= 0.6 is 0 Å². The number of anilines is 1. The van der Waals surface area contributed by atoms with Crippen molar-refractivity contribution >= 4 is 22.6 Å². The van der Waals surface area contributed by atoms with Crippen molar-refractivity contribution < 1.29 is 27.8 Å². The summed E-state index contributed by atoms with van der Waals surface area (Å²) in [6.07, 6.45) is 3.01. The van der Waals surface area contributed by atoms with Crippen LogP contribution in [0.15, 0.2) is 71.8 Å². The summed E-state index contributed by atoms with van der Waals surface area (Å²) in [4.78, 5) is 35.8. The van der Waals surface area contributed by atoms with E-state index in [4.69, 9.17) is 14.2 Å². The minimum Gasteiger partial charge on any atom is -0.495 e. The number of benzene rings is 2. The van der Waals surface area contributed by atoms with Crippen LogP contribution in [-0.4, -0.2) is 34.2 Å². The highest BCUT2D eigenvalue weighted by Crippen LogP contribution is 2.32. The minimum absolute atomic E-state index is 0.0590. The van der Waals surface area contributed by atoms with Gasteiger partial charge in [-0.2, -0.15) is 0 Å². The van der Waals surface area contributed by atoms with Crippen molar-refractivity contribution in [3.8, 4) is 28.4 Å². The topological polar surface area (TPSA) is 105 Å². The molecular formula is C31H24F2N4O5. The maximum absolute atomic E-state index is 15.2. The number of hydrogen-bond acceptors (Lipinski definition) is 7. The van der Waals surface area contributed by atoms with Crippen LogP contribution in [0.25, 0.3) is 22.2 Å². The highest BCUT2D eigenvalue weighted by Gasteiger charge is 2.27. The van der Waals surface area contributed by atoms with Crippen molar-refractivity contribution in [2.24, 2.45) is 0 Å². The smallest absolute Gasteiger partial charge is 0.261 e. The van der Waals surface area contributed by atoms with E-state index in [2.05, 4.69) is 15.3 Å². The van der Waals surface area contributed by atoms with Gasteiger partial charge in [0.25, 0.3) is 5.91 Å². The average Bonchev–Trinajstić information content (AvgIpc) is 2.99. The van der Waals surface area contributed by atoms with E-state index in [9.17, 15) is 14.0 Å². The molecule has 0 unspecified atom stereocenters. The Labute approximate surface area is 238 Å². The molecular weight excluding hydrogens is 546 g/mol. The van der Waals surface area contributed by atoms with Crippen molar-refractivity contribution in [3.05, 3.63) is 106 Å². The summed E-state index contributed by atoms with van der Waals surface area (Å²) < 4.78 is 47.2. The molecule has 1 amide bonds. The number of halogens is 2. The van der Waals surface area contributed by atoms with Crippen molar-refractivity contribution in [1.29, 1.82) is 0 Å². The van der Waals surface area contributed by atoms with Crippen molar-refractivity contribution in [2.75, 3.05) is 19.0 Å². The molecule has 42 heavy (non-hydrogen) atoms. The van der Waals surface area contributed by atoms with Gasteiger partial charge in [-0.05, 0) is 36.8 Å². The molecule has 212 valence electrons. The number of ether oxygens (including phenoxy) is 3. The lowest BCUT2D eigenvalue weighted by molar-refractivity contribution is 0.0801. The molecule has 9 nitrogen and oxygen atoms in total. The van der Waals surface area contributed by atoms with Gasteiger partial charge in [0.05, 0.1) is 37.7 Å². The van der Waals surface area contributed by atoms with Gasteiger partial charge in [0.15, 0.2) is 17.3 Å². The molecule has 11 heteroatoms. The van der Waals surface area contributed by atoms with E-state index in [0.29, 0.717) is 46.9 Å². The lowest BCUT2D eigenvalue weighted by Gasteiger charge is -2.26. The Morgan fingerprint density at radius 1 is 1.05 bits per heavy atom. The quantitative estimate of drug-likeness (QED) is 0.282. The zero-order valence-electron chi connectivity index (χ0n) is 22.6. The van der Waals surface area contributed by atoms with Crippen LogP contribution in [0, 0.1) is 18.6 Å². The van der Waals surface area contributed by atoms with Crippen LogP contribution in [0.4, 0.5) is 14.5 Å². The second-order valence-corrected chi connectivity index (χ2v) is 9.58. The number of amides is 1. The number of pyridine rings is 3. The monoisotopic (exact) mass is 570 g/mol. The molecule has 5 aromatic rings. The standard InChI is InChI=1S/C31H24F2N4O5/c1-17-27(18-3-5-19(32)6-4-18)30(38)28(24-16-41-12-11-37(17)24)31(39)36-20-7-8-25(22(33)13-20)42-26-9-10-34-23-14-21(40-2)15-35-29(23)26/h3-10,13-15H,11-12,16H2,1-2H3,(H,36,39). The predicted octanol–water partition coefficient (Wildman–Crippen LogP) is 5.63. The van der Waals surface area contributed by atoms with Gasteiger partial charge in [0.1, 0.15) is 22.6 Å². The molecule has 0 bridgehead atoms. The number of carbonyl (C=O) groups excluding carboxylic acids is 1. The van der Waals surface area contributed by atoms with Crippen LogP contribution in [0.2, 0.25) is 0 Å². The third kappa shape index (κ3) is 4.94. The first kappa shape index (κ1) is 27.0. The third-order valence-corrected chi connectivity index (χ3v) is 7.05. The van der Waals surface area contributed by atoms with E-state index >= 15 is 4.39 Å². The van der Waals surface area contributed by atoms with E-state index < -0.39 is 23.0 Å². The first-order chi connectivity index (χ1) is 20.3. The molecule has 6 rings (SSSR count). The molecule has 0 spiro atoms. The molecule has 2 aromatic carbocycles. The highest BCUT2D eigenvalue weighted by atomic mass is 19.1. The third-order valence-electron chi connectivity index (χ3n) is 7.05. The summed E-state index contributed by atoms with van der Waals surface area (Å²) in [5.74, 6) is -1.20. The second kappa shape index (κ2) is 11.0. The van der Waals surface area contributed by atoms with Crippen LogP contribution < -0.4 is 20.2 Å². The Hall–Kier alpha value is -5.16. The Kier molecular flexibility index (Phi) is 7.09. The van der Waals surface area contributed by atoms with Crippen LogP contribution in [0.3, 0.4) is 0 Å². The predicted molar refractivity (Wildman–Crippen MR) is 151 cm³/mol. The van der Waals surface area contributed by atoms with Crippen LogP contribution in [0.5, 0.6) is 17.2 Å². The number of fused-ring (bicyclic) bond motifs is 2. The highest BCUT2D eigenvalue weighted by molar-refractivity contribution is 6.06. The average molecular weight is 571 g/mol. The maximum Gasteiger partial charge on any atom is 0.261 e. The fourth-order valence-electron chi connectivity index (χ4n) is 5.02. The Bertz CT molecular complexity index is 1910. The molecule has 0 saturated heterocycles. The summed E-state index contributed by atoms with van der Waals surface area (Å²) in [5.41, 5.74) is 2.23. The number of methoxy groups -OCH3 is 1. The van der Waals surface area contributed by atoms with E-state index in [1.807, 2.05) is 4.57 Å². The summed E-state index contributed by atoms with van der Waals surface area (Å²) in [6, 6.07) is 12.7. The number of nitrogens with zero attached hydrogens (tertiary/aromatic N) is 3. The van der Waals surface area contributed by atoms with E-state index in [1.54, 1.807) is 19.1 Å². The van der Waals surface area contributed by atoms with Gasteiger partial charge < -0.3 is 24.1 Å². The van der Waals surface area contributed by atoms with E-state index in [-0.39, 0.29) is 34.9 Å². The minimum atomic E-state index is -0.746. The summed E-state index contributed by atoms with van der Waals surface area (Å²) >= 11 is 0. The molecule has 3 aromatic heterocycles. The number of aromatic nitrogens is 3. The number of carbonyl (C=O) groups is 1. The van der Waals surface area contributed by atoms with Gasteiger partial charge in [-0.1, -0.05) is 12.1 Å². The van der Waals surface area contributed by atoms with Gasteiger partial charge in [-0.15, -0.1) is 0 Å². The Balaban J connectivity index is 1.31. The van der Waals surface area contributed by atoms with Crippen molar-refractivity contribution in [3.63, 3.8) is 0 Å². The number of hydrogen-bond donors (Lipinski definition) is 1. The molecule has 1 N–H and O–H groups in total. The fraction of sp³-hybridized carbons (Fsp3) is 0.161. The van der Waals surface area contributed by atoms with E-state index in [0.717, 1.165) is 6.07 Å². The molecule has 4 heterocycles. The van der Waals surface area contributed by atoms with Crippen molar-refractivity contribution in [2.45, 2.75) is 20.1 Å². The molecule has 1 aliphatic heterocycles. The summed E-state index contributed by atoms with van der Waals surface area (Å²) in [5, 5.41) is 2.63. The first-order valence-corrected chi connectivity index (χ1v) is 13.0. The normalized spacial score (nSPS) is 12.6. The zero-order valence-corrected chi connectivity index (χ0v) is 22.6. The van der Waals surface area contributed by atoms with Crippen LogP contribution in [0.1, 0.15) is 21.7 Å². The lowest BCUT2D eigenvalue weighted by atomic mass is 9.98. The van der Waals surface area contributed by atoms with Gasteiger partial charge in [-0.25, -0.2) is 13.8 Å². The number of rotatable bonds is 6. The molecule has 0 saturated carbocycles. The van der Waals surface area contributed by atoms with Crippen molar-refractivity contribution in [1.82, 2.24) is 14.5 Å². The fourth-order valence-corrected chi connectivity index (χ4v) is 5.02. The molecule has 0 radical (unpaired) electrons. The second-order valence-electron chi connectivity index (χ2n) is 9.58. The Morgan fingerprint density at radius 3 is 2.62 bits per heavy atom. The van der Waals surface area contributed by atoms with Gasteiger partial charge in [-0.3, -0.25) is 14.6 Å². The Morgan fingerprint density at radius 2 is 1.86 bits per heavy atom. The SMILES string of the molecule is COc1cnc2c(Oc3ccc(NC(=O)c4c5n(c(C)c(-c6ccc(F)cc6)c4=O)CCOC5)cc3F)ccnc2c1. The van der Waals surface area contributed by atoms with Gasteiger partial charge in [0.2, 0.25) is 5.43 Å². The zero-order chi connectivity index (χ0) is 29.4. The lowest BCUT2D eigenvalue weighted by Crippen LogP contribution is -2.33. The number of nitrogens with one attached hydrogen (secondary N) is 1. The van der Waals surface area contributed by atoms with E-state index in [1.165, 1.54) is 55.9 Å². The van der Waals surface area contributed by atoms with Crippen LogP contribution in [-0.2, 0) is 17.9 Å². The summed E-state index contributed by atoms with van der Waals surface area (Å²) in [6.45, 7) is 2.68. The maximum atomic E-state index is 15.2.